The van der Waals surface area contributed by atoms with E-state index < -0.39 is 0 Å². The molecule has 4 nitrogen and oxygen atoms in total. The van der Waals surface area contributed by atoms with Gasteiger partial charge < -0.3 is 9.73 Å². The number of carbonyl (C=O) groups is 1. The van der Waals surface area contributed by atoms with Crippen LogP contribution in [0, 0.1) is 0 Å². The Morgan fingerprint density at radius 1 is 1.24 bits per heavy atom. The molecule has 0 saturated heterocycles. The second-order valence-electron chi connectivity index (χ2n) is 6.56. The number of nitrogens with one attached hydrogen (secondary N) is 1. The topological polar surface area (TPSA) is 45.5 Å². The summed E-state index contributed by atoms with van der Waals surface area (Å²) < 4.78 is 5.45. The predicted octanol–water partition coefficient (Wildman–Crippen LogP) is 4.76. The predicted molar refractivity (Wildman–Crippen MR) is 100 cm³/mol. The van der Waals surface area contributed by atoms with Gasteiger partial charge in [0.2, 0.25) is 0 Å². The van der Waals surface area contributed by atoms with E-state index in [0.717, 1.165) is 31.6 Å². The Balaban J connectivity index is 1.67. The molecule has 0 spiro atoms. The van der Waals surface area contributed by atoms with Crippen LogP contribution in [0.3, 0.4) is 0 Å². The van der Waals surface area contributed by atoms with E-state index in [2.05, 4.69) is 17.3 Å². The second kappa shape index (κ2) is 8.26. The first-order chi connectivity index (χ1) is 12.0. The van der Waals surface area contributed by atoms with Crippen LogP contribution in [-0.4, -0.2) is 29.9 Å². The zero-order valence-electron chi connectivity index (χ0n) is 14.2. The lowest BCUT2D eigenvalue weighted by molar-refractivity contribution is 0.0850. The first-order valence-electron chi connectivity index (χ1n) is 8.53. The highest BCUT2D eigenvalue weighted by molar-refractivity contribution is 6.42. The molecular formula is C19H22Cl2N2O2. The summed E-state index contributed by atoms with van der Waals surface area (Å²) in [7, 11) is 2.08. The average molecular weight is 381 g/mol. The fraction of sp³-hybridized carbons (Fsp3) is 0.421. The maximum absolute atomic E-state index is 12.6. The molecule has 25 heavy (non-hydrogen) atoms. The van der Waals surface area contributed by atoms with Gasteiger partial charge in [0.15, 0.2) is 0 Å². The van der Waals surface area contributed by atoms with E-state index in [1.807, 2.05) is 12.1 Å². The molecule has 0 aliphatic heterocycles. The Kier molecular flexibility index (Phi) is 6.05. The highest BCUT2D eigenvalue weighted by atomic mass is 35.5. The van der Waals surface area contributed by atoms with Crippen molar-refractivity contribution in [3.8, 4) is 0 Å². The smallest absolute Gasteiger partial charge is 0.251 e. The van der Waals surface area contributed by atoms with Gasteiger partial charge >= 0.3 is 0 Å². The summed E-state index contributed by atoms with van der Waals surface area (Å²) in [6, 6.07) is 9.23. The van der Waals surface area contributed by atoms with Crippen molar-refractivity contribution in [2.75, 3.05) is 7.05 Å². The van der Waals surface area contributed by atoms with Gasteiger partial charge in [0, 0.05) is 17.6 Å². The van der Waals surface area contributed by atoms with Gasteiger partial charge in [-0.3, -0.25) is 9.69 Å². The molecule has 1 aromatic heterocycles. The van der Waals surface area contributed by atoms with Crippen LogP contribution < -0.4 is 5.32 Å². The minimum atomic E-state index is -0.109. The molecule has 1 amide bonds. The summed E-state index contributed by atoms with van der Waals surface area (Å²) in [5.74, 6) is 0.824. The zero-order valence-corrected chi connectivity index (χ0v) is 15.7. The molecule has 1 heterocycles. The summed E-state index contributed by atoms with van der Waals surface area (Å²) in [5.41, 5.74) is 0.535. The summed E-state index contributed by atoms with van der Waals surface area (Å²) >= 11 is 12.0. The zero-order chi connectivity index (χ0) is 17.8. The van der Waals surface area contributed by atoms with Gasteiger partial charge in [0.1, 0.15) is 5.76 Å². The Labute approximate surface area is 158 Å². The van der Waals surface area contributed by atoms with E-state index in [1.54, 1.807) is 24.5 Å². The van der Waals surface area contributed by atoms with Crippen LogP contribution in [0.15, 0.2) is 41.0 Å². The first kappa shape index (κ1) is 18.3. The van der Waals surface area contributed by atoms with E-state index >= 15 is 0 Å². The van der Waals surface area contributed by atoms with Gasteiger partial charge in [-0.25, -0.2) is 0 Å². The summed E-state index contributed by atoms with van der Waals surface area (Å²) in [4.78, 5) is 14.9. The molecule has 0 bridgehead atoms. The van der Waals surface area contributed by atoms with E-state index in [0.29, 0.717) is 15.6 Å². The molecule has 1 aliphatic rings. The van der Waals surface area contributed by atoms with Crippen molar-refractivity contribution in [2.24, 2.45) is 0 Å². The lowest BCUT2D eigenvalue weighted by Crippen LogP contribution is -2.51. The number of halogens is 2. The van der Waals surface area contributed by atoms with Crippen LogP contribution >= 0.6 is 23.2 Å². The SMILES string of the molecule is CN(Cc1ccco1)C1CCCCC1NC(=O)c1ccc(Cl)c(Cl)c1. The Morgan fingerprint density at radius 2 is 2.04 bits per heavy atom. The number of furan rings is 1. The molecule has 2 unspecified atom stereocenters. The lowest BCUT2D eigenvalue weighted by Gasteiger charge is -2.38. The monoisotopic (exact) mass is 380 g/mol. The number of amides is 1. The molecule has 0 radical (unpaired) electrons. The molecule has 134 valence electrons. The fourth-order valence-corrected chi connectivity index (χ4v) is 3.76. The largest absolute Gasteiger partial charge is 0.468 e. The van der Waals surface area contributed by atoms with Gasteiger partial charge in [0.05, 0.1) is 22.9 Å². The molecule has 1 saturated carbocycles. The number of hydrogen-bond donors (Lipinski definition) is 1. The van der Waals surface area contributed by atoms with E-state index in [4.69, 9.17) is 27.6 Å². The quantitative estimate of drug-likeness (QED) is 0.812. The van der Waals surface area contributed by atoms with Crippen molar-refractivity contribution in [3.05, 3.63) is 58.0 Å². The van der Waals surface area contributed by atoms with Crippen LogP contribution in [0.1, 0.15) is 41.8 Å². The number of likely N-dealkylation sites (N-methyl/N-ethyl adjacent to an activating group) is 1. The first-order valence-corrected chi connectivity index (χ1v) is 9.28. The molecule has 1 aliphatic carbocycles. The van der Waals surface area contributed by atoms with Crippen molar-refractivity contribution < 1.29 is 9.21 Å². The third-order valence-corrected chi connectivity index (χ3v) is 5.52. The summed E-state index contributed by atoms with van der Waals surface area (Å²) in [5, 5.41) is 4.02. The van der Waals surface area contributed by atoms with E-state index in [-0.39, 0.29) is 18.0 Å². The maximum Gasteiger partial charge on any atom is 0.251 e. The summed E-state index contributed by atoms with van der Waals surface area (Å²) in [6.07, 6.45) is 6.01. The van der Waals surface area contributed by atoms with Gasteiger partial charge in [-0.05, 0) is 50.2 Å². The van der Waals surface area contributed by atoms with Crippen LogP contribution in [0.5, 0.6) is 0 Å². The number of hydrogen-bond acceptors (Lipinski definition) is 3. The van der Waals surface area contributed by atoms with Crippen molar-refractivity contribution in [1.29, 1.82) is 0 Å². The molecule has 1 aromatic carbocycles. The Morgan fingerprint density at radius 3 is 2.76 bits per heavy atom. The summed E-state index contributed by atoms with van der Waals surface area (Å²) in [6.45, 7) is 0.733. The molecular weight excluding hydrogens is 359 g/mol. The molecule has 3 rings (SSSR count). The number of rotatable bonds is 5. The number of carbonyl (C=O) groups excluding carboxylic acids is 1. The van der Waals surface area contributed by atoms with Crippen molar-refractivity contribution in [3.63, 3.8) is 0 Å². The van der Waals surface area contributed by atoms with Crippen molar-refractivity contribution >= 4 is 29.1 Å². The molecule has 2 atom stereocenters. The molecule has 6 heteroatoms. The second-order valence-corrected chi connectivity index (χ2v) is 7.37. The third kappa shape index (κ3) is 4.57. The van der Waals surface area contributed by atoms with E-state index in [9.17, 15) is 4.79 Å². The van der Waals surface area contributed by atoms with Crippen molar-refractivity contribution in [2.45, 2.75) is 44.3 Å². The highest BCUT2D eigenvalue weighted by Gasteiger charge is 2.30. The van der Waals surface area contributed by atoms with Crippen LogP contribution in [0.25, 0.3) is 0 Å². The molecule has 1 fully saturated rings. The Bertz CT molecular complexity index is 718. The van der Waals surface area contributed by atoms with Crippen LogP contribution in [0.2, 0.25) is 10.0 Å². The van der Waals surface area contributed by atoms with Gasteiger partial charge in [0.25, 0.3) is 5.91 Å². The third-order valence-electron chi connectivity index (χ3n) is 4.78. The molecule has 2 aromatic rings. The van der Waals surface area contributed by atoms with Crippen molar-refractivity contribution in [1.82, 2.24) is 10.2 Å². The van der Waals surface area contributed by atoms with Gasteiger partial charge in [-0.2, -0.15) is 0 Å². The number of nitrogens with zero attached hydrogens (tertiary/aromatic N) is 1. The average Bonchev–Trinajstić information content (AvgIpc) is 3.10. The van der Waals surface area contributed by atoms with Gasteiger partial charge in [-0.15, -0.1) is 0 Å². The van der Waals surface area contributed by atoms with Crippen LogP contribution in [0.4, 0.5) is 0 Å². The minimum Gasteiger partial charge on any atom is -0.468 e. The van der Waals surface area contributed by atoms with Gasteiger partial charge in [-0.1, -0.05) is 36.0 Å². The highest BCUT2D eigenvalue weighted by Crippen LogP contribution is 2.26. The lowest BCUT2D eigenvalue weighted by atomic mass is 9.89. The normalized spacial score (nSPS) is 20.6. The minimum absolute atomic E-state index is 0.107. The van der Waals surface area contributed by atoms with E-state index in [1.165, 1.54) is 6.42 Å². The fourth-order valence-electron chi connectivity index (χ4n) is 3.46. The maximum atomic E-state index is 12.6. The number of benzene rings is 1. The standard InChI is InChI=1S/C19H22Cl2N2O2/c1-23(12-14-5-4-10-25-14)18-7-3-2-6-17(18)22-19(24)13-8-9-15(20)16(21)11-13/h4-5,8-11,17-18H,2-3,6-7,12H2,1H3,(H,22,24). The molecule has 1 N–H and O–H groups in total. The van der Waals surface area contributed by atoms with Crippen LogP contribution in [-0.2, 0) is 6.54 Å². The Hall–Kier alpha value is -1.49.